The molecular weight excluding hydrogens is 460 g/mol. The van der Waals surface area contributed by atoms with Crippen molar-refractivity contribution in [1.29, 1.82) is 0 Å². The molecule has 6 nitrogen and oxygen atoms in total. The second-order valence-electron chi connectivity index (χ2n) is 6.81. The standard InChI is InChI=1S/C19H30FN5O.HI/c1-5-18(26)25-10-9-16(13-25)23-19(21-2)22-12-17(24(3)4)14-7-6-8-15(20)11-14;/h6-8,11,16-17H,5,9-10,12-13H2,1-4H3,(H2,21,22,23);1H. The van der Waals surface area contributed by atoms with Crippen LogP contribution in [0.3, 0.4) is 0 Å². The quantitative estimate of drug-likeness (QED) is 0.364. The third-order valence-electron chi connectivity index (χ3n) is 4.73. The second-order valence-corrected chi connectivity index (χ2v) is 6.81. The minimum atomic E-state index is -0.233. The summed E-state index contributed by atoms with van der Waals surface area (Å²) >= 11 is 0. The van der Waals surface area contributed by atoms with Crippen molar-refractivity contribution in [1.82, 2.24) is 20.4 Å². The van der Waals surface area contributed by atoms with Crippen LogP contribution in [0.2, 0.25) is 0 Å². The number of rotatable bonds is 6. The highest BCUT2D eigenvalue weighted by atomic mass is 127. The Hall–Kier alpha value is -1.42. The number of likely N-dealkylation sites (tertiary alicyclic amines) is 1. The molecule has 1 aromatic carbocycles. The van der Waals surface area contributed by atoms with Gasteiger partial charge in [-0.05, 0) is 38.2 Å². The SMILES string of the molecule is CCC(=O)N1CCC(NC(=NC)NCC(c2cccc(F)c2)N(C)C)C1.I. The largest absolute Gasteiger partial charge is 0.354 e. The van der Waals surface area contributed by atoms with Crippen molar-refractivity contribution in [3.8, 4) is 0 Å². The number of guanidine groups is 1. The molecule has 152 valence electrons. The van der Waals surface area contributed by atoms with E-state index in [2.05, 4.69) is 15.6 Å². The number of halogens is 2. The summed E-state index contributed by atoms with van der Waals surface area (Å²) in [5.74, 6) is 0.656. The van der Waals surface area contributed by atoms with E-state index >= 15 is 0 Å². The van der Waals surface area contributed by atoms with E-state index in [9.17, 15) is 9.18 Å². The first-order chi connectivity index (χ1) is 12.4. The molecule has 2 atom stereocenters. The number of likely N-dealkylation sites (N-methyl/N-ethyl adjacent to an activating group) is 1. The van der Waals surface area contributed by atoms with Crippen molar-refractivity contribution in [2.45, 2.75) is 31.8 Å². The molecule has 1 heterocycles. The van der Waals surface area contributed by atoms with Gasteiger partial charge < -0.3 is 20.4 Å². The van der Waals surface area contributed by atoms with Crippen LogP contribution in [0.5, 0.6) is 0 Å². The highest BCUT2D eigenvalue weighted by molar-refractivity contribution is 14.0. The molecule has 1 aliphatic heterocycles. The van der Waals surface area contributed by atoms with Crippen LogP contribution in [-0.4, -0.2) is 68.5 Å². The summed E-state index contributed by atoms with van der Waals surface area (Å²) < 4.78 is 13.6. The molecule has 0 spiro atoms. The monoisotopic (exact) mass is 491 g/mol. The van der Waals surface area contributed by atoms with Crippen LogP contribution in [-0.2, 0) is 4.79 Å². The van der Waals surface area contributed by atoms with Crippen LogP contribution in [0.25, 0.3) is 0 Å². The van der Waals surface area contributed by atoms with Crippen LogP contribution >= 0.6 is 24.0 Å². The Balaban J connectivity index is 0.00000364. The first-order valence-corrected chi connectivity index (χ1v) is 9.11. The normalized spacial score (nSPS) is 18.2. The summed E-state index contributed by atoms with van der Waals surface area (Å²) in [4.78, 5) is 20.0. The van der Waals surface area contributed by atoms with Crippen LogP contribution < -0.4 is 10.6 Å². The van der Waals surface area contributed by atoms with Crippen molar-refractivity contribution < 1.29 is 9.18 Å². The van der Waals surface area contributed by atoms with Gasteiger partial charge in [0.15, 0.2) is 5.96 Å². The van der Waals surface area contributed by atoms with Gasteiger partial charge in [-0.3, -0.25) is 9.79 Å². The molecule has 2 rings (SSSR count). The molecule has 1 aromatic rings. The summed E-state index contributed by atoms with van der Waals surface area (Å²) in [6.07, 6.45) is 1.45. The first kappa shape index (κ1) is 23.6. The van der Waals surface area contributed by atoms with E-state index in [1.807, 2.05) is 36.9 Å². The number of carbonyl (C=O) groups is 1. The number of benzene rings is 1. The van der Waals surface area contributed by atoms with E-state index in [1.54, 1.807) is 19.2 Å². The lowest BCUT2D eigenvalue weighted by molar-refractivity contribution is -0.129. The summed E-state index contributed by atoms with van der Waals surface area (Å²) in [7, 11) is 5.67. The molecule has 2 N–H and O–H groups in total. The minimum absolute atomic E-state index is 0. The Morgan fingerprint density at radius 3 is 2.78 bits per heavy atom. The average molecular weight is 491 g/mol. The van der Waals surface area contributed by atoms with Gasteiger partial charge in [-0.25, -0.2) is 4.39 Å². The lowest BCUT2D eigenvalue weighted by Gasteiger charge is -2.27. The van der Waals surface area contributed by atoms with Gasteiger partial charge in [-0.15, -0.1) is 24.0 Å². The fraction of sp³-hybridized carbons (Fsp3) is 0.579. The van der Waals surface area contributed by atoms with Crippen LogP contribution in [0, 0.1) is 5.82 Å². The number of amides is 1. The third kappa shape index (κ3) is 6.91. The van der Waals surface area contributed by atoms with E-state index in [-0.39, 0.29) is 47.8 Å². The van der Waals surface area contributed by atoms with E-state index in [0.29, 0.717) is 25.5 Å². The van der Waals surface area contributed by atoms with Gasteiger partial charge in [0.05, 0.1) is 6.04 Å². The Morgan fingerprint density at radius 2 is 2.19 bits per heavy atom. The summed E-state index contributed by atoms with van der Waals surface area (Å²) in [5.41, 5.74) is 0.915. The van der Waals surface area contributed by atoms with Crippen molar-refractivity contribution >= 4 is 35.8 Å². The van der Waals surface area contributed by atoms with Crippen molar-refractivity contribution in [3.05, 3.63) is 35.6 Å². The lowest BCUT2D eigenvalue weighted by atomic mass is 10.1. The molecule has 27 heavy (non-hydrogen) atoms. The summed E-state index contributed by atoms with van der Waals surface area (Å²) in [6.45, 7) is 3.97. The molecule has 0 bridgehead atoms. The zero-order chi connectivity index (χ0) is 19.1. The maximum Gasteiger partial charge on any atom is 0.222 e. The maximum absolute atomic E-state index is 13.6. The topological polar surface area (TPSA) is 60.0 Å². The number of hydrogen-bond donors (Lipinski definition) is 2. The van der Waals surface area contributed by atoms with Gasteiger partial charge in [0, 0.05) is 39.1 Å². The molecule has 0 saturated carbocycles. The van der Waals surface area contributed by atoms with Crippen LogP contribution in [0.1, 0.15) is 31.4 Å². The molecule has 2 unspecified atom stereocenters. The second kappa shape index (κ2) is 11.4. The van der Waals surface area contributed by atoms with Gasteiger partial charge in [-0.2, -0.15) is 0 Å². The Morgan fingerprint density at radius 1 is 1.44 bits per heavy atom. The fourth-order valence-corrected chi connectivity index (χ4v) is 3.22. The van der Waals surface area contributed by atoms with Gasteiger partial charge in [0.1, 0.15) is 5.82 Å². The zero-order valence-electron chi connectivity index (χ0n) is 16.5. The van der Waals surface area contributed by atoms with Crippen LogP contribution in [0.4, 0.5) is 4.39 Å². The Labute approximate surface area is 178 Å². The van der Waals surface area contributed by atoms with E-state index in [1.165, 1.54) is 6.07 Å². The van der Waals surface area contributed by atoms with Crippen molar-refractivity contribution in [2.24, 2.45) is 4.99 Å². The number of nitrogens with one attached hydrogen (secondary N) is 2. The highest BCUT2D eigenvalue weighted by Gasteiger charge is 2.26. The smallest absolute Gasteiger partial charge is 0.222 e. The van der Waals surface area contributed by atoms with Gasteiger partial charge >= 0.3 is 0 Å². The minimum Gasteiger partial charge on any atom is -0.354 e. The number of carbonyl (C=O) groups excluding carboxylic acids is 1. The predicted octanol–water partition coefficient (Wildman–Crippen LogP) is 2.22. The van der Waals surface area contributed by atoms with Gasteiger partial charge in [-0.1, -0.05) is 19.1 Å². The van der Waals surface area contributed by atoms with E-state index < -0.39 is 0 Å². The Bertz CT molecular complexity index is 640. The molecule has 0 aliphatic carbocycles. The number of aliphatic imine (C=N–C) groups is 1. The summed E-state index contributed by atoms with van der Waals surface area (Å²) in [5, 5.41) is 6.71. The number of nitrogens with zero attached hydrogens (tertiary/aromatic N) is 3. The molecule has 1 amide bonds. The third-order valence-corrected chi connectivity index (χ3v) is 4.73. The van der Waals surface area contributed by atoms with Gasteiger partial charge in [0.2, 0.25) is 5.91 Å². The maximum atomic E-state index is 13.6. The number of hydrogen-bond acceptors (Lipinski definition) is 3. The lowest BCUT2D eigenvalue weighted by Crippen LogP contribution is -2.47. The van der Waals surface area contributed by atoms with E-state index in [0.717, 1.165) is 18.5 Å². The Kier molecular flexibility index (Phi) is 10.00. The molecular formula is C19H31FIN5O. The fourth-order valence-electron chi connectivity index (χ4n) is 3.22. The molecule has 0 radical (unpaired) electrons. The van der Waals surface area contributed by atoms with E-state index in [4.69, 9.17) is 0 Å². The molecule has 8 heteroatoms. The molecule has 1 aliphatic rings. The zero-order valence-corrected chi connectivity index (χ0v) is 18.9. The molecule has 1 fully saturated rings. The molecule has 1 saturated heterocycles. The first-order valence-electron chi connectivity index (χ1n) is 9.11. The predicted molar refractivity (Wildman–Crippen MR) is 118 cm³/mol. The molecule has 0 aromatic heterocycles. The average Bonchev–Trinajstić information content (AvgIpc) is 3.08. The summed E-state index contributed by atoms with van der Waals surface area (Å²) in [6, 6.07) is 6.89. The van der Waals surface area contributed by atoms with Crippen molar-refractivity contribution in [3.63, 3.8) is 0 Å². The van der Waals surface area contributed by atoms with Gasteiger partial charge in [0.25, 0.3) is 0 Å². The van der Waals surface area contributed by atoms with Crippen molar-refractivity contribution in [2.75, 3.05) is 40.8 Å². The van der Waals surface area contributed by atoms with Crippen LogP contribution in [0.15, 0.2) is 29.3 Å². The highest BCUT2D eigenvalue weighted by Crippen LogP contribution is 2.18.